The van der Waals surface area contributed by atoms with Crippen LogP contribution < -0.4 is 5.73 Å². The Hall–Kier alpha value is -2.12. The average Bonchev–Trinajstić information content (AvgIpc) is 2.90. The molecule has 0 saturated heterocycles. The van der Waals surface area contributed by atoms with Crippen molar-refractivity contribution in [3.8, 4) is 0 Å². The van der Waals surface area contributed by atoms with Crippen LogP contribution in [0, 0.1) is 5.92 Å². The standard InChI is InChI=1S/C11H16N4O4/c12-10(18)19-6-7-3-1-2-4-11(7,9(16)17)8-5-13-15-14-8/h5,7H,1-4,6H2,(H2,12,18)(H,16,17)(H,13,14,15). The molecule has 0 bridgehead atoms. The molecule has 2 rings (SSSR count). The summed E-state index contributed by atoms with van der Waals surface area (Å²) in [6.45, 7) is -0.0194. The summed E-state index contributed by atoms with van der Waals surface area (Å²) in [5.74, 6) is -1.32. The molecule has 4 N–H and O–H groups in total. The Kier molecular flexibility index (Phi) is 3.68. The van der Waals surface area contributed by atoms with Gasteiger partial charge in [-0.15, -0.1) is 5.10 Å². The molecular formula is C11H16N4O4. The van der Waals surface area contributed by atoms with Crippen molar-refractivity contribution < 1.29 is 19.4 Å². The molecule has 1 heterocycles. The maximum Gasteiger partial charge on any atom is 0.404 e. The monoisotopic (exact) mass is 268 g/mol. The summed E-state index contributed by atoms with van der Waals surface area (Å²) >= 11 is 0. The minimum absolute atomic E-state index is 0.0194. The third kappa shape index (κ3) is 2.38. The molecule has 0 radical (unpaired) electrons. The Morgan fingerprint density at radius 3 is 2.95 bits per heavy atom. The Labute approximate surface area is 109 Å². The van der Waals surface area contributed by atoms with Crippen molar-refractivity contribution >= 4 is 12.1 Å². The number of aromatic nitrogens is 3. The number of carboxylic acid groups (broad SMARTS) is 1. The van der Waals surface area contributed by atoms with Gasteiger partial charge in [-0.05, 0) is 12.8 Å². The molecule has 8 heteroatoms. The van der Waals surface area contributed by atoms with Crippen LogP contribution in [0.15, 0.2) is 6.20 Å². The summed E-state index contributed by atoms with van der Waals surface area (Å²) in [4.78, 5) is 22.5. The van der Waals surface area contributed by atoms with Gasteiger partial charge in [-0.3, -0.25) is 9.89 Å². The highest BCUT2D eigenvalue weighted by atomic mass is 16.5. The predicted molar refractivity (Wildman–Crippen MR) is 63.2 cm³/mol. The number of nitrogens with one attached hydrogen (secondary N) is 1. The van der Waals surface area contributed by atoms with Crippen LogP contribution in [0.25, 0.3) is 0 Å². The lowest BCUT2D eigenvalue weighted by molar-refractivity contribution is -0.149. The fourth-order valence-electron chi connectivity index (χ4n) is 2.80. The molecule has 1 fully saturated rings. The number of amides is 1. The van der Waals surface area contributed by atoms with Gasteiger partial charge in [0, 0.05) is 12.1 Å². The summed E-state index contributed by atoms with van der Waals surface area (Å²) in [5, 5.41) is 19.6. The van der Waals surface area contributed by atoms with E-state index in [-0.39, 0.29) is 12.5 Å². The van der Waals surface area contributed by atoms with E-state index in [0.717, 1.165) is 12.8 Å². The fraction of sp³-hybridized carbons (Fsp3) is 0.636. The molecule has 19 heavy (non-hydrogen) atoms. The first-order chi connectivity index (χ1) is 9.07. The van der Waals surface area contributed by atoms with Gasteiger partial charge in [0.05, 0.1) is 6.61 Å². The van der Waals surface area contributed by atoms with Crippen molar-refractivity contribution in [2.45, 2.75) is 31.1 Å². The number of carbonyl (C=O) groups is 2. The lowest BCUT2D eigenvalue weighted by Gasteiger charge is -2.38. The molecule has 1 aromatic rings. The molecule has 1 aliphatic rings. The number of rotatable bonds is 4. The van der Waals surface area contributed by atoms with E-state index in [1.807, 2.05) is 0 Å². The number of hydrogen-bond donors (Lipinski definition) is 3. The first-order valence-corrected chi connectivity index (χ1v) is 6.10. The summed E-state index contributed by atoms with van der Waals surface area (Å²) in [6.07, 6.45) is 3.35. The van der Waals surface area contributed by atoms with Gasteiger partial charge in [-0.2, -0.15) is 0 Å². The molecular weight excluding hydrogens is 252 g/mol. The van der Waals surface area contributed by atoms with Crippen molar-refractivity contribution in [1.29, 1.82) is 0 Å². The summed E-state index contributed by atoms with van der Waals surface area (Å²) in [7, 11) is 0. The first kappa shape index (κ1) is 13.3. The van der Waals surface area contributed by atoms with E-state index >= 15 is 0 Å². The SMILES string of the molecule is NC(=O)OCC1CCCCC1(C(=O)O)c1c[nH]nn1. The topological polar surface area (TPSA) is 131 Å². The highest BCUT2D eigenvalue weighted by Gasteiger charge is 2.51. The number of carboxylic acids is 1. The fourth-order valence-corrected chi connectivity index (χ4v) is 2.80. The van der Waals surface area contributed by atoms with E-state index in [1.54, 1.807) is 0 Å². The number of nitrogens with zero attached hydrogens (tertiary/aromatic N) is 2. The van der Waals surface area contributed by atoms with Crippen LogP contribution in [0.4, 0.5) is 4.79 Å². The second-order valence-corrected chi connectivity index (χ2v) is 4.71. The van der Waals surface area contributed by atoms with Crippen LogP contribution in [0.1, 0.15) is 31.4 Å². The van der Waals surface area contributed by atoms with Gasteiger partial charge in [-0.25, -0.2) is 4.79 Å². The van der Waals surface area contributed by atoms with E-state index in [0.29, 0.717) is 18.5 Å². The highest BCUT2D eigenvalue weighted by Crippen LogP contribution is 2.43. The van der Waals surface area contributed by atoms with Crippen molar-refractivity contribution in [3.05, 3.63) is 11.9 Å². The van der Waals surface area contributed by atoms with Gasteiger partial charge in [0.25, 0.3) is 0 Å². The number of aliphatic carboxylic acids is 1. The van der Waals surface area contributed by atoms with E-state index in [1.165, 1.54) is 6.20 Å². The largest absolute Gasteiger partial charge is 0.481 e. The number of primary amides is 1. The zero-order valence-electron chi connectivity index (χ0n) is 10.3. The molecule has 0 aromatic carbocycles. The second kappa shape index (κ2) is 5.25. The number of H-pyrrole nitrogens is 1. The molecule has 2 unspecified atom stereocenters. The van der Waals surface area contributed by atoms with Gasteiger partial charge in [0.15, 0.2) is 0 Å². The third-order valence-corrected chi connectivity index (χ3v) is 3.75. The van der Waals surface area contributed by atoms with Crippen LogP contribution in [-0.2, 0) is 14.9 Å². The van der Waals surface area contributed by atoms with Gasteiger partial charge in [0.1, 0.15) is 11.1 Å². The predicted octanol–water partition coefficient (Wildman–Crippen LogP) is 0.413. The van der Waals surface area contributed by atoms with Crippen LogP contribution in [0.5, 0.6) is 0 Å². The average molecular weight is 268 g/mol. The maximum absolute atomic E-state index is 11.8. The zero-order chi connectivity index (χ0) is 13.9. The molecule has 0 aliphatic heterocycles. The minimum atomic E-state index is -1.17. The van der Waals surface area contributed by atoms with Gasteiger partial charge >= 0.3 is 12.1 Å². The van der Waals surface area contributed by atoms with Gasteiger partial charge < -0.3 is 15.6 Å². The second-order valence-electron chi connectivity index (χ2n) is 4.71. The molecule has 1 saturated carbocycles. The van der Waals surface area contributed by atoms with Crippen LogP contribution >= 0.6 is 0 Å². The summed E-state index contributed by atoms with van der Waals surface area (Å²) in [6, 6.07) is 0. The van der Waals surface area contributed by atoms with E-state index < -0.39 is 17.5 Å². The van der Waals surface area contributed by atoms with E-state index in [9.17, 15) is 14.7 Å². The summed E-state index contributed by atoms with van der Waals surface area (Å²) < 4.78 is 4.80. The Bertz CT molecular complexity index is 461. The lowest BCUT2D eigenvalue weighted by atomic mass is 9.64. The zero-order valence-corrected chi connectivity index (χ0v) is 10.3. The molecule has 2 atom stereocenters. The van der Waals surface area contributed by atoms with Gasteiger partial charge in [-0.1, -0.05) is 18.1 Å². The number of carbonyl (C=O) groups excluding carboxylic acids is 1. The quantitative estimate of drug-likeness (QED) is 0.724. The number of hydrogen-bond acceptors (Lipinski definition) is 5. The number of ether oxygens (including phenoxy) is 1. The Morgan fingerprint density at radius 2 is 2.37 bits per heavy atom. The molecule has 1 aliphatic carbocycles. The number of nitrogens with two attached hydrogens (primary N) is 1. The molecule has 104 valence electrons. The first-order valence-electron chi connectivity index (χ1n) is 6.10. The Morgan fingerprint density at radius 1 is 1.58 bits per heavy atom. The van der Waals surface area contributed by atoms with E-state index in [2.05, 4.69) is 15.4 Å². The van der Waals surface area contributed by atoms with Crippen molar-refractivity contribution in [2.24, 2.45) is 11.7 Å². The third-order valence-electron chi connectivity index (χ3n) is 3.75. The van der Waals surface area contributed by atoms with Crippen LogP contribution in [-0.4, -0.2) is 39.2 Å². The molecule has 1 amide bonds. The Balaban J connectivity index is 2.32. The summed E-state index contributed by atoms with van der Waals surface area (Å²) in [5.41, 5.74) is 4.16. The lowest BCUT2D eigenvalue weighted by Crippen LogP contribution is -2.47. The van der Waals surface area contributed by atoms with Crippen molar-refractivity contribution in [2.75, 3.05) is 6.61 Å². The van der Waals surface area contributed by atoms with Crippen molar-refractivity contribution in [1.82, 2.24) is 15.4 Å². The normalized spacial score (nSPS) is 26.8. The smallest absolute Gasteiger partial charge is 0.404 e. The molecule has 1 aromatic heterocycles. The van der Waals surface area contributed by atoms with Crippen molar-refractivity contribution in [3.63, 3.8) is 0 Å². The molecule has 0 spiro atoms. The minimum Gasteiger partial charge on any atom is -0.481 e. The van der Waals surface area contributed by atoms with E-state index in [4.69, 9.17) is 10.5 Å². The van der Waals surface area contributed by atoms with Crippen LogP contribution in [0.3, 0.4) is 0 Å². The number of aromatic amines is 1. The molecule has 8 nitrogen and oxygen atoms in total. The maximum atomic E-state index is 11.8. The van der Waals surface area contributed by atoms with Crippen LogP contribution in [0.2, 0.25) is 0 Å². The van der Waals surface area contributed by atoms with Gasteiger partial charge in [0.2, 0.25) is 0 Å². The highest BCUT2D eigenvalue weighted by molar-refractivity contribution is 5.81.